The van der Waals surface area contributed by atoms with Gasteiger partial charge in [0.05, 0.1) is 30.5 Å². The molecule has 0 saturated heterocycles. The molecule has 1 aromatic heterocycles. The largest absolute Gasteiger partial charge is 0.498 e. The smallest absolute Gasteiger partial charge is 0.144 e. The predicted molar refractivity (Wildman–Crippen MR) is 116 cm³/mol. The number of nitrogens with zero attached hydrogens (tertiary/aromatic N) is 2. The van der Waals surface area contributed by atoms with Crippen LogP contribution in [0.1, 0.15) is 66.5 Å². The second-order valence-electron chi connectivity index (χ2n) is 8.98. The first-order valence-electron chi connectivity index (χ1n) is 10.5. The van der Waals surface area contributed by atoms with Crippen LogP contribution in [-0.4, -0.2) is 35.3 Å². The summed E-state index contributed by atoms with van der Waals surface area (Å²) in [4.78, 5) is 9.03. The Hall–Kier alpha value is -1.88. The van der Waals surface area contributed by atoms with E-state index in [1.807, 2.05) is 6.20 Å². The molecule has 156 valence electrons. The second kappa shape index (κ2) is 10.6. The molecule has 0 amide bonds. The van der Waals surface area contributed by atoms with Crippen molar-refractivity contribution >= 4 is 11.4 Å². The van der Waals surface area contributed by atoms with Crippen molar-refractivity contribution in [2.24, 2.45) is 11.8 Å². The highest BCUT2D eigenvalue weighted by molar-refractivity contribution is 5.65. The van der Waals surface area contributed by atoms with E-state index in [1.165, 1.54) is 5.57 Å². The molecule has 5 heteroatoms. The van der Waals surface area contributed by atoms with E-state index in [9.17, 15) is 0 Å². The van der Waals surface area contributed by atoms with Crippen LogP contribution in [0.25, 0.3) is 5.57 Å². The van der Waals surface area contributed by atoms with Crippen molar-refractivity contribution in [2.45, 2.75) is 66.3 Å². The second-order valence-corrected chi connectivity index (χ2v) is 8.98. The highest BCUT2D eigenvalue weighted by Crippen LogP contribution is 2.26. The van der Waals surface area contributed by atoms with Crippen LogP contribution in [0, 0.1) is 11.8 Å². The zero-order valence-electron chi connectivity index (χ0n) is 18.4. The zero-order chi connectivity index (χ0) is 20.6. The van der Waals surface area contributed by atoms with Gasteiger partial charge in [0.25, 0.3) is 0 Å². The van der Waals surface area contributed by atoms with Gasteiger partial charge in [0.2, 0.25) is 0 Å². The van der Waals surface area contributed by atoms with Gasteiger partial charge in [-0.15, -0.1) is 0 Å². The van der Waals surface area contributed by atoms with Crippen molar-refractivity contribution in [3.05, 3.63) is 36.0 Å². The Kier molecular flexibility index (Phi) is 8.49. The first-order valence-corrected chi connectivity index (χ1v) is 10.5. The lowest BCUT2D eigenvalue weighted by Gasteiger charge is -2.21. The van der Waals surface area contributed by atoms with Crippen LogP contribution in [0.4, 0.5) is 5.82 Å². The number of anilines is 1. The summed E-state index contributed by atoms with van der Waals surface area (Å²) in [6.07, 6.45) is 10.6. The number of hydrogen-bond acceptors (Lipinski definition) is 5. The van der Waals surface area contributed by atoms with Crippen LogP contribution in [0.5, 0.6) is 0 Å². The van der Waals surface area contributed by atoms with Crippen LogP contribution in [0.2, 0.25) is 0 Å². The van der Waals surface area contributed by atoms with Crippen LogP contribution in [0.3, 0.4) is 0 Å². The summed E-state index contributed by atoms with van der Waals surface area (Å²) in [5.74, 6) is 3.11. The summed E-state index contributed by atoms with van der Waals surface area (Å²) >= 11 is 0. The minimum atomic E-state index is -0.0208. The first kappa shape index (κ1) is 22.4. The van der Waals surface area contributed by atoms with E-state index in [4.69, 9.17) is 9.47 Å². The number of aromatic nitrogens is 2. The van der Waals surface area contributed by atoms with Gasteiger partial charge in [-0.25, -0.2) is 4.98 Å². The van der Waals surface area contributed by atoms with Gasteiger partial charge in [-0.2, -0.15) is 0 Å². The normalized spacial score (nSPS) is 15.8. The van der Waals surface area contributed by atoms with Crippen molar-refractivity contribution in [3.8, 4) is 0 Å². The molecule has 0 saturated carbocycles. The standard InChI is InChI=1S/C23H37N3O2/c1-17(2)18(3)16-27-12-7-13-28-20-10-8-19(9-11-20)21-14-25-22(15-24-21)26-23(4,5)6/h8,10,14-15,17-18H,7,9,11-13,16H2,1-6H3,(H,25,26)/t18-/m0/s1. The molecule has 1 aliphatic carbocycles. The summed E-state index contributed by atoms with van der Waals surface area (Å²) in [6.45, 7) is 15.3. The molecule has 1 atom stereocenters. The molecule has 5 nitrogen and oxygen atoms in total. The van der Waals surface area contributed by atoms with Gasteiger partial charge in [-0.3, -0.25) is 4.98 Å². The fourth-order valence-electron chi connectivity index (χ4n) is 2.72. The summed E-state index contributed by atoms with van der Waals surface area (Å²) in [7, 11) is 0. The molecule has 1 aliphatic rings. The lowest BCUT2D eigenvalue weighted by atomic mass is 9.99. The summed E-state index contributed by atoms with van der Waals surface area (Å²) < 4.78 is 11.6. The molecule has 28 heavy (non-hydrogen) atoms. The molecule has 0 radical (unpaired) electrons. The van der Waals surface area contributed by atoms with E-state index in [1.54, 1.807) is 6.20 Å². The highest BCUT2D eigenvalue weighted by atomic mass is 16.5. The van der Waals surface area contributed by atoms with E-state index < -0.39 is 0 Å². The number of rotatable bonds is 10. The topological polar surface area (TPSA) is 56.3 Å². The Balaban J connectivity index is 1.73. The fraction of sp³-hybridized carbons (Fsp3) is 0.652. The van der Waals surface area contributed by atoms with Crippen LogP contribution < -0.4 is 5.32 Å². The fourth-order valence-corrected chi connectivity index (χ4v) is 2.72. The number of hydrogen-bond donors (Lipinski definition) is 1. The molecule has 2 rings (SSSR count). The van der Waals surface area contributed by atoms with Gasteiger partial charge in [-0.05, 0) is 50.7 Å². The Morgan fingerprint density at radius 1 is 1.04 bits per heavy atom. The van der Waals surface area contributed by atoms with Gasteiger partial charge >= 0.3 is 0 Å². The lowest BCUT2D eigenvalue weighted by Crippen LogP contribution is -2.26. The van der Waals surface area contributed by atoms with Crippen LogP contribution in [0.15, 0.2) is 30.3 Å². The van der Waals surface area contributed by atoms with E-state index in [-0.39, 0.29) is 5.54 Å². The lowest BCUT2D eigenvalue weighted by molar-refractivity contribution is 0.0727. The quantitative estimate of drug-likeness (QED) is 0.540. The van der Waals surface area contributed by atoms with Crippen molar-refractivity contribution < 1.29 is 9.47 Å². The predicted octanol–water partition coefficient (Wildman–Crippen LogP) is 5.46. The zero-order valence-corrected chi connectivity index (χ0v) is 18.4. The Labute approximate surface area is 170 Å². The molecule has 1 N–H and O–H groups in total. The first-order chi connectivity index (χ1) is 13.2. The molecule has 1 heterocycles. The van der Waals surface area contributed by atoms with Gasteiger partial charge in [-0.1, -0.05) is 26.8 Å². The monoisotopic (exact) mass is 387 g/mol. The molecule has 1 aromatic rings. The molecule has 0 spiro atoms. The van der Waals surface area contributed by atoms with Crippen molar-refractivity contribution in [1.29, 1.82) is 0 Å². The average Bonchev–Trinajstić information content (AvgIpc) is 2.64. The maximum atomic E-state index is 5.89. The minimum Gasteiger partial charge on any atom is -0.498 e. The molecule has 0 aromatic carbocycles. The Bertz CT molecular complexity index is 657. The number of allylic oxidation sites excluding steroid dienone is 4. The number of nitrogens with one attached hydrogen (secondary N) is 1. The summed E-state index contributed by atoms with van der Waals surface area (Å²) in [5.41, 5.74) is 2.11. The van der Waals surface area contributed by atoms with Crippen LogP contribution >= 0.6 is 0 Å². The molecular formula is C23H37N3O2. The number of ether oxygens (including phenoxy) is 2. The van der Waals surface area contributed by atoms with Gasteiger partial charge < -0.3 is 14.8 Å². The third-order valence-electron chi connectivity index (χ3n) is 4.83. The summed E-state index contributed by atoms with van der Waals surface area (Å²) in [6, 6.07) is 0. The Morgan fingerprint density at radius 2 is 1.82 bits per heavy atom. The maximum absolute atomic E-state index is 5.89. The highest BCUT2D eigenvalue weighted by Gasteiger charge is 2.13. The van der Waals surface area contributed by atoms with Gasteiger partial charge in [0, 0.05) is 31.6 Å². The molecule has 0 bridgehead atoms. The van der Waals surface area contributed by atoms with E-state index >= 15 is 0 Å². The molecule has 0 fully saturated rings. The third-order valence-corrected chi connectivity index (χ3v) is 4.83. The van der Waals surface area contributed by atoms with Crippen molar-refractivity contribution in [3.63, 3.8) is 0 Å². The third kappa shape index (κ3) is 8.01. The summed E-state index contributed by atoms with van der Waals surface area (Å²) in [5, 5.41) is 3.33. The molecule has 0 aliphatic heterocycles. The Morgan fingerprint density at radius 3 is 2.39 bits per heavy atom. The van der Waals surface area contributed by atoms with E-state index in [2.05, 4.69) is 69.0 Å². The SMILES string of the molecule is CC(C)[C@@H](C)COCCCOC1=CC=C(c2cnc(NC(C)(C)C)cn2)CC1. The van der Waals surface area contributed by atoms with Gasteiger partial charge in [0.1, 0.15) is 5.82 Å². The van der Waals surface area contributed by atoms with Crippen molar-refractivity contribution in [2.75, 3.05) is 25.1 Å². The maximum Gasteiger partial charge on any atom is 0.144 e. The molecular weight excluding hydrogens is 350 g/mol. The van der Waals surface area contributed by atoms with E-state index in [0.29, 0.717) is 18.4 Å². The van der Waals surface area contributed by atoms with Gasteiger partial charge in [0.15, 0.2) is 0 Å². The molecule has 0 unspecified atom stereocenters. The minimum absolute atomic E-state index is 0.0208. The van der Waals surface area contributed by atoms with Crippen LogP contribution in [-0.2, 0) is 9.47 Å². The van der Waals surface area contributed by atoms with Crippen molar-refractivity contribution in [1.82, 2.24) is 9.97 Å². The average molecular weight is 388 g/mol. The van der Waals surface area contributed by atoms with E-state index in [0.717, 1.165) is 49.7 Å².